The maximum atomic E-state index is 11.2. The van der Waals surface area contributed by atoms with Gasteiger partial charge in [0, 0.05) is 5.56 Å². The van der Waals surface area contributed by atoms with E-state index in [1.807, 2.05) is 0 Å². The highest BCUT2D eigenvalue weighted by Gasteiger charge is 2.10. The number of hydrogen-bond donors (Lipinski definition) is 0. The van der Waals surface area contributed by atoms with Crippen molar-refractivity contribution >= 4 is 20.3 Å². The quantitative estimate of drug-likeness (QED) is 0.561. The van der Waals surface area contributed by atoms with Crippen LogP contribution in [0.25, 0.3) is 0 Å². The summed E-state index contributed by atoms with van der Waals surface area (Å²) in [4.78, 5) is 11.2. The maximum Gasteiger partial charge on any atom is 0.160 e. The first kappa shape index (κ1) is 11.0. The van der Waals surface area contributed by atoms with E-state index in [-0.39, 0.29) is 5.78 Å². The average molecular weight is 212 g/mol. The third-order valence-electron chi connectivity index (χ3n) is 1.95. The third kappa shape index (κ3) is 2.05. The van der Waals surface area contributed by atoms with Crippen molar-refractivity contribution in [3.05, 3.63) is 17.7 Å². The molecule has 1 atom stereocenters. The normalized spacial score (nSPS) is 9.71. The van der Waals surface area contributed by atoms with Crippen LogP contribution < -0.4 is 14.8 Å². The molecule has 0 aliphatic carbocycles. The molecule has 0 N–H and O–H groups in total. The second kappa shape index (κ2) is 4.43. The Morgan fingerprint density at radius 3 is 1.93 bits per heavy atom. The molecule has 1 unspecified atom stereocenters. The van der Waals surface area contributed by atoms with Gasteiger partial charge in [-0.15, -0.1) is 0 Å². The standard InChI is InChI=1S/C10H13O3P/c1-6(11)7-4-8(12-2)10(14)9(5-7)13-3/h4-5H,14H2,1-3H3. The zero-order valence-electron chi connectivity index (χ0n) is 8.46. The lowest BCUT2D eigenvalue weighted by molar-refractivity contribution is 0.101. The van der Waals surface area contributed by atoms with Crippen LogP contribution in [0.5, 0.6) is 11.5 Å². The molecule has 0 aliphatic rings. The Hall–Kier alpha value is -1.08. The predicted molar refractivity (Wildman–Crippen MR) is 58.9 cm³/mol. The molecule has 0 saturated heterocycles. The van der Waals surface area contributed by atoms with Crippen LogP contribution in [-0.2, 0) is 0 Å². The van der Waals surface area contributed by atoms with Crippen LogP contribution in [-0.4, -0.2) is 20.0 Å². The van der Waals surface area contributed by atoms with Gasteiger partial charge in [-0.05, 0) is 19.1 Å². The van der Waals surface area contributed by atoms with Crippen molar-refractivity contribution in [2.24, 2.45) is 0 Å². The van der Waals surface area contributed by atoms with Gasteiger partial charge < -0.3 is 9.47 Å². The summed E-state index contributed by atoms with van der Waals surface area (Å²) in [7, 11) is 5.65. The molecule has 76 valence electrons. The first-order chi connectivity index (χ1) is 6.60. The SMILES string of the molecule is COc1cc(C(C)=O)cc(OC)c1P. The molecular weight excluding hydrogens is 199 g/mol. The number of benzene rings is 1. The van der Waals surface area contributed by atoms with E-state index in [2.05, 4.69) is 9.24 Å². The monoisotopic (exact) mass is 212 g/mol. The van der Waals surface area contributed by atoms with Gasteiger partial charge in [0.2, 0.25) is 0 Å². The number of Topliss-reactive ketones (excluding diaryl/α,β-unsaturated/α-hetero) is 1. The Morgan fingerprint density at radius 2 is 1.64 bits per heavy atom. The fourth-order valence-electron chi connectivity index (χ4n) is 1.14. The predicted octanol–water partition coefficient (Wildman–Crippen LogP) is 1.41. The highest BCUT2D eigenvalue weighted by molar-refractivity contribution is 7.28. The zero-order valence-corrected chi connectivity index (χ0v) is 9.61. The molecule has 1 aromatic rings. The van der Waals surface area contributed by atoms with Gasteiger partial charge in [0.1, 0.15) is 11.5 Å². The van der Waals surface area contributed by atoms with Crippen molar-refractivity contribution in [1.29, 1.82) is 0 Å². The van der Waals surface area contributed by atoms with Crippen molar-refractivity contribution in [2.45, 2.75) is 6.92 Å². The van der Waals surface area contributed by atoms with Crippen molar-refractivity contribution in [3.8, 4) is 11.5 Å². The summed E-state index contributed by atoms with van der Waals surface area (Å²) < 4.78 is 10.3. The largest absolute Gasteiger partial charge is 0.496 e. The van der Waals surface area contributed by atoms with Gasteiger partial charge in [0.25, 0.3) is 0 Å². The van der Waals surface area contributed by atoms with E-state index in [1.165, 1.54) is 6.92 Å². The van der Waals surface area contributed by atoms with Gasteiger partial charge in [0.05, 0.1) is 19.5 Å². The summed E-state index contributed by atoms with van der Waals surface area (Å²) in [6, 6.07) is 3.40. The van der Waals surface area contributed by atoms with E-state index in [0.717, 1.165) is 5.30 Å². The van der Waals surface area contributed by atoms with Crippen LogP contribution in [0, 0.1) is 0 Å². The Kier molecular flexibility index (Phi) is 3.48. The third-order valence-corrected chi connectivity index (χ3v) is 2.52. The van der Waals surface area contributed by atoms with Crippen molar-refractivity contribution in [1.82, 2.24) is 0 Å². The summed E-state index contributed by atoms with van der Waals surface area (Å²) in [6.07, 6.45) is 0. The topological polar surface area (TPSA) is 35.5 Å². The number of carbonyl (C=O) groups excluding carboxylic acids is 1. The maximum absolute atomic E-state index is 11.2. The summed E-state index contributed by atoms with van der Waals surface area (Å²) >= 11 is 0. The Morgan fingerprint density at radius 1 is 1.21 bits per heavy atom. The van der Waals surface area contributed by atoms with E-state index in [4.69, 9.17) is 9.47 Å². The van der Waals surface area contributed by atoms with Crippen LogP contribution in [0.15, 0.2) is 12.1 Å². The van der Waals surface area contributed by atoms with Crippen molar-refractivity contribution in [3.63, 3.8) is 0 Å². The molecule has 0 aromatic heterocycles. The van der Waals surface area contributed by atoms with Crippen LogP contribution >= 0.6 is 9.24 Å². The minimum atomic E-state index is -0.00778. The Balaban J connectivity index is 3.32. The van der Waals surface area contributed by atoms with Crippen LogP contribution in [0.4, 0.5) is 0 Å². The van der Waals surface area contributed by atoms with Crippen LogP contribution in [0.3, 0.4) is 0 Å². The van der Waals surface area contributed by atoms with E-state index in [1.54, 1.807) is 26.4 Å². The van der Waals surface area contributed by atoms with E-state index in [9.17, 15) is 4.79 Å². The van der Waals surface area contributed by atoms with Crippen molar-refractivity contribution in [2.75, 3.05) is 14.2 Å². The van der Waals surface area contributed by atoms with Gasteiger partial charge in [-0.1, -0.05) is 9.24 Å². The molecule has 4 heteroatoms. The number of methoxy groups -OCH3 is 2. The molecule has 1 rings (SSSR count). The molecule has 0 aliphatic heterocycles. The highest BCUT2D eigenvalue weighted by atomic mass is 31.0. The van der Waals surface area contributed by atoms with Gasteiger partial charge in [-0.25, -0.2) is 0 Å². The second-order valence-corrected chi connectivity index (χ2v) is 3.43. The minimum Gasteiger partial charge on any atom is -0.496 e. The molecule has 0 bridgehead atoms. The molecule has 0 amide bonds. The first-order valence-electron chi connectivity index (χ1n) is 4.12. The molecule has 0 radical (unpaired) electrons. The molecule has 0 spiro atoms. The minimum absolute atomic E-state index is 0.00778. The lowest BCUT2D eigenvalue weighted by Gasteiger charge is -2.10. The summed E-state index contributed by atoms with van der Waals surface area (Å²) in [6.45, 7) is 1.51. The zero-order chi connectivity index (χ0) is 10.7. The Labute approximate surface area is 85.6 Å². The van der Waals surface area contributed by atoms with E-state index < -0.39 is 0 Å². The summed E-state index contributed by atoms with van der Waals surface area (Å²) in [5.74, 6) is 1.27. The van der Waals surface area contributed by atoms with E-state index in [0.29, 0.717) is 17.1 Å². The fraction of sp³-hybridized carbons (Fsp3) is 0.300. The Bertz CT molecular complexity index is 335. The lowest BCUT2D eigenvalue weighted by atomic mass is 10.1. The van der Waals surface area contributed by atoms with Crippen LogP contribution in [0.2, 0.25) is 0 Å². The number of hydrogen-bond acceptors (Lipinski definition) is 3. The molecule has 3 nitrogen and oxygen atoms in total. The highest BCUT2D eigenvalue weighted by Crippen LogP contribution is 2.22. The smallest absolute Gasteiger partial charge is 0.160 e. The molecular formula is C10H13O3P. The molecule has 0 fully saturated rings. The summed E-state index contributed by atoms with van der Waals surface area (Å²) in [5, 5.41) is 0.819. The number of carbonyl (C=O) groups is 1. The number of ketones is 1. The average Bonchev–Trinajstić information content (AvgIpc) is 2.17. The van der Waals surface area contributed by atoms with Gasteiger partial charge >= 0.3 is 0 Å². The second-order valence-electron chi connectivity index (χ2n) is 2.85. The first-order valence-corrected chi connectivity index (χ1v) is 4.70. The summed E-state index contributed by atoms with van der Waals surface area (Å²) in [5.41, 5.74) is 0.588. The fourth-order valence-corrected chi connectivity index (χ4v) is 1.54. The van der Waals surface area contributed by atoms with Gasteiger partial charge in [0.15, 0.2) is 5.78 Å². The number of ether oxygens (including phenoxy) is 2. The van der Waals surface area contributed by atoms with Gasteiger partial charge in [-0.3, -0.25) is 4.79 Å². The van der Waals surface area contributed by atoms with E-state index >= 15 is 0 Å². The molecule has 1 aromatic carbocycles. The molecule has 0 saturated carbocycles. The van der Waals surface area contributed by atoms with Crippen LogP contribution in [0.1, 0.15) is 17.3 Å². The molecule has 0 heterocycles. The van der Waals surface area contributed by atoms with Gasteiger partial charge in [-0.2, -0.15) is 0 Å². The number of rotatable bonds is 3. The van der Waals surface area contributed by atoms with Crippen molar-refractivity contribution < 1.29 is 14.3 Å². The molecule has 14 heavy (non-hydrogen) atoms. The lowest BCUT2D eigenvalue weighted by Crippen LogP contribution is -2.06.